The summed E-state index contributed by atoms with van der Waals surface area (Å²) >= 11 is 0. The van der Waals surface area contributed by atoms with Gasteiger partial charge >= 0.3 is 0 Å². The fraction of sp³-hybridized carbons (Fsp3) is 0.545. The van der Waals surface area contributed by atoms with Gasteiger partial charge in [0.2, 0.25) is 0 Å². The molecule has 0 radical (unpaired) electrons. The summed E-state index contributed by atoms with van der Waals surface area (Å²) in [6.07, 6.45) is 14.5. The van der Waals surface area contributed by atoms with Crippen molar-refractivity contribution in [2.45, 2.75) is 58.0 Å². The Morgan fingerprint density at radius 3 is 2.62 bits per heavy atom. The number of hydrogen-bond acceptors (Lipinski definition) is 4. The molecule has 0 spiro atoms. The quantitative estimate of drug-likeness (QED) is 0.680. The highest BCUT2D eigenvalue weighted by atomic mass is 16.2. The summed E-state index contributed by atoms with van der Waals surface area (Å²) in [7, 11) is 0. The number of aryl methyl sites for hydroxylation is 1. The average Bonchev–Trinajstić information content (AvgIpc) is 3.49. The molecule has 2 fully saturated rings. The van der Waals surface area contributed by atoms with E-state index >= 15 is 0 Å². The Morgan fingerprint density at radius 1 is 1.10 bits per heavy atom. The van der Waals surface area contributed by atoms with E-state index in [0.717, 1.165) is 49.5 Å². The Morgan fingerprint density at radius 2 is 1.90 bits per heavy atom. The second kappa shape index (κ2) is 7.61. The number of fused-ring (bicyclic) bond motifs is 1. The molecule has 7 heteroatoms. The molecule has 0 unspecified atom stereocenters. The van der Waals surface area contributed by atoms with Crippen LogP contribution < -0.4 is 0 Å². The maximum atomic E-state index is 13.0. The van der Waals surface area contributed by atoms with E-state index in [2.05, 4.69) is 24.1 Å². The molecular weight excluding hydrogens is 364 g/mol. The molecule has 0 aromatic carbocycles. The zero-order valence-electron chi connectivity index (χ0n) is 17.0. The predicted octanol–water partition coefficient (Wildman–Crippen LogP) is 3.60. The minimum Gasteiger partial charge on any atom is -0.339 e. The summed E-state index contributed by atoms with van der Waals surface area (Å²) in [5.74, 6) is 1.72. The standard InChI is InChI=1S/C22H28N6O/c1-16-23-8-11-27(16)14-17-6-9-26(10-7-17)22(29)18-12-20-21(24-13-18)28(15-25-20)19-4-2-3-5-19/h8,11-13,15,17,19H,2-7,9-10,14H2,1H3. The van der Waals surface area contributed by atoms with Crippen molar-refractivity contribution in [3.05, 3.63) is 42.4 Å². The monoisotopic (exact) mass is 392 g/mol. The number of pyridine rings is 1. The van der Waals surface area contributed by atoms with Crippen molar-refractivity contribution in [1.29, 1.82) is 0 Å². The molecule has 152 valence electrons. The normalized spacial score (nSPS) is 18.7. The minimum absolute atomic E-state index is 0.0760. The van der Waals surface area contributed by atoms with Crippen LogP contribution in [-0.4, -0.2) is 48.0 Å². The fourth-order valence-corrected chi connectivity index (χ4v) is 4.86. The first kappa shape index (κ1) is 18.3. The minimum atomic E-state index is 0.0760. The highest BCUT2D eigenvalue weighted by Crippen LogP contribution is 2.31. The molecule has 2 aliphatic rings. The fourth-order valence-electron chi connectivity index (χ4n) is 4.86. The first-order valence-corrected chi connectivity index (χ1v) is 10.8. The van der Waals surface area contributed by atoms with Crippen LogP contribution in [0.4, 0.5) is 0 Å². The molecule has 1 saturated carbocycles. The van der Waals surface area contributed by atoms with Crippen molar-refractivity contribution in [3.8, 4) is 0 Å². The largest absolute Gasteiger partial charge is 0.339 e. The van der Waals surface area contributed by atoms with Crippen molar-refractivity contribution in [2.75, 3.05) is 13.1 Å². The highest BCUT2D eigenvalue weighted by molar-refractivity contribution is 5.96. The Labute approximate surface area is 170 Å². The summed E-state index contributed by atoms with van der Waals surface area (Å²) in [6, 6.07) is 2.42. The Hall–Kier alpha value is -2.70. The number of aromatic nitrogens is 5. The van der Waals surface area contributed by atoms with Gasteiger partial charge in [0.05, 0.1) is 11.9 Å². The van der Waals surface area contributed by atoms with E-state index in [0.29, 0.717) is 17.5 Å². The Kier molecular flexibility index (Phi) is 4.81. The van der Waals surface area contributed by atoms with Crippen LogP contribution in [0, 0.1) is 12.8 Å². The van der Waals surface area contributed by atoms with Crippen LogP contribution in [0.1, 0.15) is 60.7 Å². The maximum absolute atomic E-state index is 13.0. The van der Waals surface area contributed by atoms with Crippen molar-refractivity contribution >= 4 is 17.1 Å². The third-order valence-corrected chi connectivity index (χ3v) is 6.66. The highest BCUT2D eigenvalue weighted by Gasteiger charge is 2.25. The lowest BCUT2D eigenvalue weighted by atomic mass is 9.96. The second-order valence-electron chi connectivity index (χ2n) is 8.52. The average molecular weight is 393 g/mol. The SMILES string of the molecule is Cc1nccn1CC1CCN(C(=O)c2cnc3c(c2)ncn3C2CCCC2)CC1. The van der Waals surface area contributed by atoms with Crippen LogP contribution in [-0.2, 0) is 6.54 Å². The van der Waals surface area contributed by atoms with E-state index in [9.17, 15) is 4.79 Å². The number of hydrogen-bond donors (Lipinski definition) is 0. The van der Waals surface area contributed by atoms with Gasteiger partial charge in [0.1, 0.15) is 11.3 Å². The summed E-state index contributed by atoms with van der Waals surface area (Å²) in [5.41, 5.74) is 2.38. The second-order valence-corrected chi connectivity index (χ2v) is 8.52. The summed E-state index contributed by atoms with van der Waals surface area (Å²) < 4.78 is 4.40. The smallest absolute Gasteiger partial charge is 0.255 e. The van der Waals surface area contributed by atoms with Crippen molar-refractivity contribution in [2.24, 2.45) is 5.92 Å². The summed E-state index contributed by atoms with van der Waals surface area (Å²) in [6.45, 7) is 4.62. The van der Waals surface area contributed by atoms with Crippen LogP contribution in [0.2, 0.25) is 0 Å². The first-order chi connectivity index (χ1) is 14.2. The van der Waals surface area contributed by atoms with Gasteiger partial charge in [-0.05, 0) is 44.6 Å². The number of likely N-dealkylation sites (tertiary alicyclic amines) is 1. The van der Waals surface area contributed by atoms with Crippen molar-refractivity contribution < 1.29 is 4.79 Å². The molecule has 1 saturated heterocycles. The molecule has 1 aliphatic carbocycles. The van der Waals surface area contributed by atoms with E-state index in [4.69, 9.17) is 0 Å². The third-order valence-electron chi connectivity index (χ3n) is 6.66. The van der Waals surface area contributed by atoms with Crippen molar-refractivity contribution in [1.82, 2.24) is 29.0 Å². The third kappa shape index (κ3) is 3.54. The lowest BCUT2D eigenvalue weighted by Gasteiger charge is -2.32. The van der Waals surface area contributed by atoms with Gasteiger partial charge in [-0.15, -0.1) is 0 Å². The first-order valence-electron chi connectivity index (χ1n) is 10.8. The van der Waals surface area contributed by atoms with Gasteiger partial charge in [-0.1, -0.05) is 12.8 Å². The number of piperidine rings is 1. The Bertz CT molecular complexity index is 1010. The zero-order chi connectivity index (χ0) is 19.8. The number of imidazole rings is 2. The van der Waals surface area contributed by atoms with Crippen LogP contribution in [0.3, 0.4) is 0 Å². The van der Waals surface area contributed by atoms with E-state index in [1.54, 1.807) is 6.20 Å². The number of rotatable bonds is 4. The molecule has 1 amide bonds. The molecule has 0 N–H and O–H groups in total. The number of carbonyl (C=O) groups is 1. The van der Waals surface area contributed by atoms with Gasteiger partial charge in [-0.25, -0.2) is 15.0 Å². The summed E-state index contributed by atoms with van der Waals surface area (Å²) in [5, 5.41) is 0. The van der Waals surface area contributed by atoms with Crippen LogP contribution in [0.25, 0.3) is 11.2 Å². The van der Waals surface area contributed by atoms with Crippen LogP contribution >= 0.6 is 0 Å². The van der Waals surface area contributed by atoms with Gasteiger partial charge in [0.25, 0.3) is 5.91 Å². The number of nitrogens with zero attached hydrogens (tertiary/aromatic N) is 6. The lowest BCUT2D eigenvalue weighted by molar-refractivity contribution is 0.0682. The zero-order valence-corrected chi connectivity index (χ0v) is 17.0. The van der Waals surface area contributed by atoms with E-state index < -0.39 is 0 Å². The Balaban J connectivity index is 1.25. The van der Waals surface area contributed by atoms with Gasteiger partial charge in [0, 0.05) is 44.3 Å². The lowest BCUT2D eigenvalue weighted by Crippen LogP contribution is -2.39. The van der Waals surface area contributed by atoms with E-state index in [1.807, 2.05) is 36.6 Å². The molecule has 0 atom stereocenters. The topological polar surface area (TPSA) is 68.8 Å². The van der Waals surface area contributed by atoms with Crippen molar-refractivity contribution in [3.63, 3.8) is 0 Å². The molecule has 1 aliphatic heterocycles. The van der Waals surface area contributed by atoms with E-state index in [1.165, 1.54) is 25.7 Å². The van der Waals surface area contributed by atoms with Crippen LogP contribution in [0.15, 0.2) is 31.0 Å². The molecule has 5 rings (SSSR count). The molecular formula is C22H28N6O. The molecule has 29 heavy (non-hydrogen) atoms. The molecule has 3 aromatic rings. The van der Waals surface area contributed by atoms with Crippen LogP contribution in [0.5, 0.6) is 0 Å². The van der Waals surface area contributed by atoms with Gasteiger partial charge in [-0.2, -0.15) is 0 Å². The molecule has 7 nitrogen and oxygen atoms in total. The molecule has 3 aromatic heterocycles. The maximum Gasteiger partial charge on any atom is 0.255 e. The molecule has 4 heterocycles. The number of amides is 1. The number of carbonyl (C=O) groups excluding carboxylic acids is 1. The molecule has 0 bridgehead atoms. The van der Waals surface area contributed by atoms with Gasteiger partial charge in [0.15, 0.2) is 5.65 Å². The van der Waals surface area contributed by atoms with E-state index in [-0.39, 0.29) is 5.91 Å². The van der Waals surface area contributed by atoms with Gasteiger partial charge in [-0.3, -0.25) is 4.79 Å². The van der Waals surface area contributed by atoms with Gasteiger partial charge < -0.3 is 14.0 Å². The summed E-state index contributed by atoms with van der Waals surface area (Å²) in [4.78, 5) is 28.4. The predicted molar refractivity (Wildman–Crippen MR) is 111 cm³/mol.